The molecule has 0 fully saturated rings. The molecule has 2 rings (SSSR count). The van der Waals surface area contributed by atoms with E-state index in [4.69, 9.17) is 0 Å². The first-order chi connectivity index (χ1) is 11.6. The molecular formula is C20H24N2O2. The van der Waals surface area contributed by atoms with Gasteiger partial charge in [0.05, 0.1) is 6.54 Å². The molecule has 0 aromatic heterocycles. The average molecular weight is 324 g/mol. The fourth-order valence-electron chi connectivity index (χ4n) is 2.37. The van der Waals surface area contributed by atoms with Crippen LogP contribution < -0.4 is 10.6 Å². The number of aryl methyl sites for hydroxylation is 3. The Kier molecular flexibility index (Phi) is 6.55. The minimum absolute atomic E-state index is 0.00288. The second-order valence-corrected chi connectivity index (χ2v) is 5.92. The molecule has 0 aliphatic carbocycles. The van der Waals surface area contributed by atoms with E-state index in [1.54, 1.807) is 6.07 Å². The third-order valence-corrected chi connectivity index (χ3v) is 3.99. The molecule has 4 nitrogen and oxygen atoms in total. The first-order valence-corrected chi connectivity index (χ1v) is 8.22. The first kappa shape index (κ1) is 17.7. The second-order valence-electron chi connectivity index (χ2n) is 5.92. The third-order valence-electron chi connectivity index (χ3n) is 3.99. The summed E-state index contributed by atoms with van der Waals surface area (Å²) >= 11 is 0. The molecule has 2 aromatic carbocycles. The van der Waals surface area contributed by atoms with Crippen molar-refractivity contribution in [1.82, 2.24) is 10.6 Å². The highest BCUT2D eigenvalue weighted by atomic mass is 16.2. The summed E-state index contributed by atoms with van der Waals surface area (Å²) in [5, 5.41) is 5.48. The maximum atomic E-state index is 12.0. The van der Waals surface area contributed by atoms with Crippen LogP contribution in [0.25, 0.3) is 0 Å². The topological polar surface area (TPSA) is 58.2 Å². The number of nitrogens with one attached hydrogen (secondary N) is 2. The Bertz CT molecular complexity index is 696. The van der Waals surface area contributed by atoms with E-state index in [0.29, 0.717) is 12.1 Å². The van der Waals surface area contributed by atoms with Crippen LogP contribution in [0.3, 0.4) is 0 Å². The van der Waals surface area contributed by atoms with Gasteiger partial charge in [-0.2, -0.15) is 0 Å². The van der Waals surface area contributed by atoms with Crippen molar-refractivity contribution < 1.29 is 9.59 Å². The summed E-state index contributed by atoms with van der Waals surface area (Å²) in [6, 6.07) is 15.7. The first-order valence-electron chi connectivity index (χ1n) is 8.22. The third kappa shape index (κ3) is 5.54. The van der Waals surface area contributed by atoms with Crippen LogP contribution in [0.2, 0.25) is 0 Å². The summed E-state index contributed by atoms with van der Waals surface area (Å²) in [6.45, 7) is 4.57. The molecule has 0 spiro atoms. The molecule has 0 unspecified atom stereocenters. The molecule has 0 aliphatic rings. The number of benzene rings is 2. The molecular weight excluding hydrogens is 300 g/mol. The SMILES string of the molecule is Cc1ccc(C(=O)NCC(=O)NCCCc2ccccc2)cc1C. The zero-order chi connectivity index (χ0) is 17.4. The highest BCUT2D eigenvalue weighted by molar-refractivity contribution is 5.96. The number of rotatable bonds is 7. The molecule has 0 saturated carbocycles. The predicted molar refractivity (Wildman–Crippen MR) is 96.0 cm³/mol. The summed E-state index contributed by atoms with van der Waals surface area (Å²) in [5.41, 5.74) is 4.04. The molecule has 4 heteroatoms. The van der Waals surface area contributed by atoms with E-state index >= 15 is 0 Å². The summed E-state index contributed by atoms with van der Waals surface area (Å²) in [4.78, 5) is 23.8. The van der Waals surface area contributed by atoms with Gasteiger partial charge < -0.3 is 10.6 Å². The van der Waals surface area contributed by atoms with Gasteiger partial charge in [0.1, 0.15) is 0 Å². The van der Waals surface area contributed by atoms with Crippen LogP contribution in [0.4, 0.5) is 0 Å². The van der Waals surface area contributed by atoms with Crippen molar-refractivity contribution in [2.45, 2.75) is 26.7 Å². The fourth-order valence-corrected chi connectivity index (χ4v) is 2.37. The average Bonchev–Trinajstić information content (AvgIpc) is 2.60. The zero-order valence-corrected chi connectivity index (χ0v) is 14.3. The maximum absolute atomic E-state index is 12.0. The lowest BCUT2D eigenvalue weighted by Gasteiger charge is -2.08. The minimum atomic E-state index is -0.225. The van der Waals surface area contributed by atoms with Crippen molar-refractivity contribution in [3.05, 3.63) is 70.8 Å². The molecule has 0 aliphatic heterocycles. The number of hydrogen-bond acceptors (Lipinski definition) is 2. The second kappa shape index (κ2) is 8.87. The Balaban J connectivity index is 1.67. The summed E-state index contributed by atoms with van der Waals surface area (Å²) < 4.78 is 0. The molecule has 126 valence electrons. The van der Waals surface area contributed by atoms with Crippen molar-refractivity contribution in [3.8, 4) is 0 Å². The lowest BCUT2D eigenvalue weighted by Crippen LogP contribution is -2.37. The highest BCUT2D eigenvalue weighted by Crippen LogP contribution is 2.09. The minimum Gasteiger partial charge on any atom is -0.355 e. The van der Waals surface area contributed by atoms with E-state index in [-0.39, 0.29) is 18.4 Å². The Hall–Kier alpha value is -2.62. The number of amides is 2. The van der Waals surface area contributed by atoms with E-state index in [0.717, 1.165) is 24.0 Å². The monoisotopic (exact) mass is 324 g/mol. The molecule has 0 radical (unpaired) electrons. The summed E-state index contributed by atoms with van der Waals surface area (Å²) in [7, 11) is 0. The number of hydrogen-bond donors (Lipinski definition) is 2. The fraction of sp³-hybridized carbons (Fsp3) is 0.300. The van der Waals surface area contributed by atoms with E-state index in [1.807, 2.05) is 44.2 Å². The number of carbonyl (C=O) groups is 2. The largest absolute Gasteiger partial charge is 0.355 e. The van der Waals surface area contributed by atoms with Crippen LogP contribution in [0.5, 0.6) is 0 Å². The van der Waals surface area contributed by atoms with Gasteiger partial charge in [-0.25, -0.2) is 0 Å². The molecule has 0 heterocycles. The van der Waals surface area contributed by atoms with E-state index in [9.17, 15) is 9.59 Å². The molecule has 24 heavy (non-hydrogen) atoms. The van der Waals surface area contributed by atoms with Gasteiger partial charge in [-0.15, -0.1) is 0 Å². The molecule has 2 aromatic rings. The van der Waals surface area contributed by atoms with Crippen LogP contribution in [0.15, 0.2) is 48.5 Å². The van der Waals surface area contributed by atoms with Crippen LogP contribution in [-0.2, 0) is 11.2 Å². The van der Waals surface area contributed by atoms with E-state index in [1.165, 1.54) is 5.56 Å². The van der Waals surface area contributed by atoms with Crippen LogP contribution >= 0.6 is 0 Å². The molecule has 0 saturated heterocycles. The Morgan fingerprint density at radius 1 is 0.917 bits per heavy atom. The van der Waals surface area contributed by atoms with Gasteiger partial charge in [-0.3, -0.25) is 9.59 Å². The standard InChI is InChI=1S/C20H24N2O2/c1-15-10-11-18(13-16(15)2)20(24)22-14-19(23)21-12-6-9-17-7-4-3-5-8-17/h3-5,7-8,10-11,13H,6,9,12,14H2,1-2H3,(H,21,23)(H,22,24). The van der Waals surface area contributed by atoms with Gasteiger partial charge in [0.2, 0.25) is 5.91 Å². The van der Waals surface area contributed by atoms with Crippen LogP contribution in [0.1, 0.15) is 33.5 Å². The van der Waals surface area contributed by atoms with Crippen molar-refractivity contribution in [3.63, 3.8) is 0 Å². The summed E-state index contributed by atoms with van der Waals surface area (Å²) in [6.07, 6.45) is 1.80. The molecule has 0 bridgehead atoms. The molecule has 2 N–H and O–H groups in total. The Morgan fingerprint density at radius 3 is 2.38 bits per heavy atom. The van der Waals surface area contributed by atoms with Gasteiger partial charge >= 0.3 is 0 Å². The van der Waals surface area contributed by atoms with E-state index < -0.39 is 0 Å². The Labute approximate surface area is 143 Å². The van der Waals surface area contributed by atoms with E-state index in [2.05, 4.69) is 22.8 Å². The van der Waals surface area contributed by atoms with Crippen molar-refractivity contribution in [1.29, 1.82) is 0 Å². The van der Waals surface area contributed by atoms with Gasteiger partial charge in [-0.1, -0.05) is 36.4 Å². The quantitative estimate of drug-likeness (QED) is 0.770. The van der Waals surface area contributed by atoms with Crippen molar-refractivity contribution >= 4 is 11.8 Å². The maximum Gasteiger partial charge on any atom is 0.251 e. The van der Waals surface area contributed by atoms with Crippen LogP contribution in [-0.4, -0.2) is 24.9 Å². The van der Waals surface area contributed by atoms with Gasteiger partial charge in [0, 0.05) is 12.1 Å². The number of carbonyl (C=O) groups excluding carboxylic acids is 2. The van der Waals surface area contributed by atoms with Gasteiger partial charge in [0.15, 0.2) is 0 Å². The highest BCUT2D eigenvalue weighted by Gasteiger charge is 2.08. The smallest absolute Gasteiger partial charge is 0.251 e. The van der Waals surface area contributed by atoms with Crippen LogP contribution in [0, 0.1) is 13.8 Å². The van der Waals surface area contributed by atoms with Gasteiger partial charge in [0.25, 0.3) is 5.91 Å². The molecule has 2 amide bonds. The predicted octanol–water partition coefficient (Wildman–Crippen LogP) is 2.78. The Morgan fingerprint density at radius 2 is 1.67 bits per heavy atom. The zero-order valence-electron chi connectivity index (χ0n) is 14.3. The lowest BCUT2D eigenvalue weighted by molar-refractivity contribution is -0.120. The lowest BCUT2D eigenvalue weighted by atomic mass is 10.1. The summed E-state index contributed by atoms with van der Waals surface area (Å²) in [5.74, 6) is -0.391. The van der Waals surface area contributed by atoms with Crippen molar-refractivity contribution in [2.24, 2.45) is 0 Å². The van der Waals surface area contributed by atoms with Gasteiger partial charge in [-0.05, 0) is 55.5 Å². The normalized spacial score (nSPS) is 10.2. The van der Waals surface area contributed by atoms with Crippen molar-refractivity contribution in [2.75, 3.05) is 13.1 Å². The molecule has 0 atom stereocenters.